The van der Waals surface area contributed by atoms with Gasteiger partial charge in [-0.15, -0.1) is 10.2 Å². The second-order valence-corrected chi connectivity index (χ2v) is 6.81. The van der Waals surface area contributed by atoms with Crippen molar-refractivity contribution in [3.63, 3.8) is 0 Å². The molecule has 1 aromatic heterocycles. The number of benzene rings is 1. The van der Waals surface area contributed by atoms with Crippen LogP contribution in [0.4, 0.5) is 0 Å². The summed E-state index contributed by atoms with van der Waals surface area (Å²) in [5.74, 6) is 0.548. The van der Waals surface area contributed by atoms with Crippen LogP contribution < -0.4 is 10.0 Å². The Morgan fingerprint density at radius 1 is 1.29 bits per heavy atom. The number of aromatic amines is 1. The molecule has 1 saturated heterocycles. The number of aromatic nitrogens is 4. The second kappa shape index (κ2) is 5.51. The molecule has 112 valence electrons. The van der Waals surface area contributed by atoms with Crippen LogP contribution in [0.3, 0.4) is 0 Å². The molecular weight excluding hydrogens is 292 g/mol. The van der Waals surface area contributed by atoms with E-state index in [4.69, 9.17) is 0 Å². The molecule has 0 spiro atoms. The van der Waals surface area contributed by atoms with Crippen molar-refractivity contribution in [3.8, 4) is 0 Å². The molecule has 2 atom stereocenters. The molecule has 1 aromatic carbocycles. The van der Waals surface area contributed by atoms with Gasteiger partial charge in [-0.25, -0.2) is 13.1 Å². The summed E-state index contributed by atoms with van der Waals surface area (Å²) < 4.78 is 27.3. The quantitative estimate of drug-likeness (QED) is 0.726. The van der Waals surface area contributed by atoms with Crippen LogP contribution in [0.2, 0.25) is 0 Å². The van der Waals surface area contributed by atoms with Gasteiger partial charge in [-0.3, -0.25) is 0 Å². The number of hydrogen-bond donors (Lipinski definition) is 3. The first kappa shape index (κ1) is 14.1. The molecule has 0 aliphatic carbocycles. The number of sulfonamides is 1. The smallest absolute Gasteiger partial charge is 0.240 e. The molecule has 1 aliphatic rings. The van der Waals surface area contributed by atoms with E-state index < -0.39 is 10.0 Å². The first-order valence-corrected chi connectivity index (χ1v) is 8.08. The van der Waals surface area contributed by atoms with Crippen LogP contribution in [-0.4, -0.2) is 41.6 Å². The Kier molecular flexibility index (Phi) is 3.70. The van der Waals surface area contributed by atoms with Gasteiger partial charge in [-0.1, -0.05) is 22.9 Å². The van der Waals surface area contributed by atoms with Crippen LogP contribution in [0.25, 0.3) is 0 Å². The van der Waals surface area contributed by atoms with Crippen molar-refractivity contribution in [1.29, 1.82) is 0 Å². The third-order valence-corrected chi connectivity index (χ3v) is 4.99. The van der Waals surface area contributed by atoms with E-state index in [0.29, 0.717) is 18.8 Å². The Morgan fingerprint density at radius 2 is 2.05 bits per heavy atom. The van der Waals surface area contributed by atoms with Gasteiger partial charge in [0.1, 0.15) is 0 Å². The first-order valence-electron chi connectivity index (χ1n) is 6.60. The highest BCUT2D eigenvalue weighted by Gasteiger charge is 2.31. The minimum absolute atomic E-state index is 0.0885. The molecule has 1 fully saturated rings. The van der Waals surface area contributed by atoms with Crippen molar-refractivity contribution >= 4 is 10.0 Å². The van der Waals surface area contributed by atoms with Crippen molar-refractivity contribution < 1.29 is 8.42 Å². The molecule has 0 unspecified atom stereocenters. The number of rotatable bonds is 4. The lowest BCUT2D eigenvalue weighted by Crippen LogP contribution is -2.36. The Bertz CT molecular complexity index is 698. The van der Waals surface area contributed by atoms with E-state index >= 15 is 0 Å². The molecule has 3 N–H and O–H groups in total. The minimum Gasteiger partial charge on any atom is -0.306 e. The standard InChI is InChI=1S/C12H16N6O2S/c1-8-2-4-10(5-3-8)21(19,20)16-9-6-11(13-7-9)12-14-17-18-15-12/h2-5,9,11,13,16H,6-7H2,1H3,(H,14,15,17,18)/t9-,11-/m0/s1. The maximum atomic E-state index is 12.3. The van der Waals surface area contributed by atoms with Gasteiger partial charge in [0.05, 0.1) is 10.9 Å². The van der Waals surface area contributed by atoms with Gasteiger partial charge in [0.2, 0.25) is 10.0 Å². The van der Waals surface area contributed by atoms with E-state index in [-0.39, 0.29) is 17.0 Å². The number of hydrogen-bond acceptors (Lipinski definition) is 6. The summed E-state index contributed by atoms with van der Waals surface area (Å²) in [6.07, 6.45) is 0.588. The van der Waals surface area contributed by atoms with Gasteiger partial charge in [0.15, 0.2) is 5.82 Å². The monoisotopic (exact) mass is 308 g/mol. The number of nitrogens with zero attached hydrogens (tertiary/aromatic N) is 3. The molecule has 9 heteroatoms. The molecule has 2 aromatic rings. The zero-order valence-corrected chi connectivity index (χ0v) is 12.3. The van der Waals surface area contributed by atoms with Crippen molar-refractivity contribution in [2.45, 2.75) is 30.3 Å². The van der Waals surface area contributed by atoms with Gasteiger partial charge in [-0.2, -0.15) is 5.21 Å². The topological polar surface area (TPSA) is 113 Å². The van der Waals surface area contributed by atoms with Crippen molar-refractivity contribution in [1.82, 2.24) is 30.7 Å². The highest BCUT2D eigenvalue weighted by atomic mass is 32.2. The number of H-pyrrole nitrogens is 1. The molecule has 8 nitrogen and oxygen atoms in total. The summed E-state index contributed by atoms with van der Waals surface area (Å²) in [7, 11) is -3.51. The Morgan fingerprint density at radius 3 is 2.71 bits per heavy atom. The highest BCUT2D eigenvalue weighted by molar-refractivity contribution is 7.89. The number of tetrazole rings is 1. The first-order chi connectivity index (χ1) is 10.0. The second-order valence-electron chi connectivity index (χ2n) is 5.10. The van der Waals surface area contributed by atoms with Crippen LogP contribution >= 0.6 is 0 Å². The van der Waals surface area contributed by atoms with Crippen molar-refractivity contribution in [2.24, 2.45) is 0 Å². The molecule has 3 rings (SSSR count). The zero-order valence-electron chi connectivity index (χ0n) is 11.4. The largest absolute Gasteiger partial charge is 0.306 e. The zero-order chi connectivity index (χ0) is 14.9. The average molecular weight is 308 g/mol. The van der Waals surface area contributed by atoms with Gasteiger partial charge in [0, 0.05) is 12.6 Å². The van der Waals surface area contributed by atoms with E-state index in [1.807, 2.05) is 6.92 Å². The summed E-state index contributed by atoms with van der Waals surface area (Å²) in [6, 6.07) is 6.50. The number of nitrogens with one attached hydrogen (secondary N) is 3. The lowest BCUT2D eigenvalue weighted by atomic mass is 10.2. The van der Waals surface area contributed by atoms with Gasteiger partial charge in [0.25, 0.3) is 0 Å². The molecule has 1 aliphatic heterocycles. The fourth-order valence-corrected chi connectivity index (χ4v) is 3.59. The predicted molar refractivity (Wildman–Crippen MR) is 74.8 cm³/mol. The maximum Gasteiger partial charge on any atom is 0.240 e. The van der Waals surface area contributed by atoms with E-state index in [2.05, 4.69) is 30.7 Å². The Balaban J connectivity index is 1.68. The fourth-order valence-electron chi connectivity index (χ4n) is 2.34. The Labute approximate surface area is 122 Å². The van der Waals surface area contributed by atoms with Crippen LogP contribution in [-0.2, 0) is 10.0 Å². The van der Waals surface area contributed by atoms with Gasteiger partial charge < -0.3 is 5.32 Å². The summed E-state index contributed by atoms with van der Waals surface area (Å²) in [5, 5.41) is 16.9. The van der Waals surface area contributed by atoms with Gasteiger partial charge in [-0.05, 0) is 25.5 Å². The summed E-state index contributed by atoms with van der Waals surface area (Å²) in [6.45, 7) is 2.45. The highest BCUT2D eigenvalue weighted by Crippen LogP contribution is 2.21. The average Bonchev–Trinajstić information content (AvgIpc) is 3.09. The van der Waals surface area contributed by atoms with Crippen molar-refractivity contribution in [2.75, 3.05) is 6.54 Å². The van der Waals surface area contributed by atoms with E-state index in [1.165, 1.54) is 0 Å². The third-order valence-electron chi connectivity index (χ3n) is 3.46. The molecule has 0 amide bonds. The lowest BCUT2D eigenvalue weighted by Gasteiger charge is -2.12. The van der Waals surface area contributed by atoms with Crippen LogP contribution in [0.5, 0.6) is 0 Å². The predicted octanol–water partition coefficient (Wildman–Crippen LogP) is -0.110. The number of aryl methyl sites for hydroxylation is 1. The summed E-state index contributed by atoms with van der Waals surface area (Å²) >= 11 is 0. The summed E-state index contributed by atoms with van der Waals surface area (Å²) in [4.78, 5) is 0.274. The van der Waals surface area contributed by atoms with Gasteiger partial charge >= 0.3 is 0 Å². The van der Waals surface area contributed by atoms with E-state index in [1.54, 1.807) is 24.3 Å². The van der Waals surface area contributed by atoms with Crippen LogP contribution in [0.1, 0.15) is 23.9 Å². The molecule has 0 radical (unpaired) electrons. The SMILES string of the molecule is Cc1ccc(S(=O)(=O)N[C@@H]2CN[C@H](c3nn[nH]n3)C2)cc1. The van der Waals surface area contributed by atoms with Crippen molar-refractivity contribution in [3.05, 3.63) is 35.7 Å². The fraction of sp³-hybridized carbons (Fsp3) is 0.417. The Hall–Kier alpha value is -1.84. The lowest BCUT2D eigenvalue weighted by molar-refractivity contribution is 0.552. The third kappa shape index (κ3) is 3.09. The van der Waals surface area contributed by atoms with Crippen LogP contribution in [0, 0.1) is 6.92 Å². The molecule has 21 heavy (non-hydrogen) atoms. The van der Waals surface area contributed by atoms with E-state index in [0.717, 1.165) is 5.56 Å². The molecule has 2 heterocycles. The molecule has 0 saturated carbocycles. The minimum atomic E-state index is -3.51. The maximum absolute atomic E-state index is 12.3. The summed E-state index contributed by atoms with van der Waals surface area (Å²) in [5.41, 5.74) is 1.02. The molecular formula is C12H16N6O2S. The normalized spacial score (nSPS) is 22.5. The van der Waals surface area contributed by atoms with Crippen LogP contribution in [0.15, 0.2) is 29.2 Å². The molecule has 0 bridgehead atoms. The van der Waals surface area contributed by atoms with E-state index in [9.17, 15) is 8.42 Å².